The van der Waals surface area contributed by atoms with Gasteiger partial charge in [0.2, 0.25) is 5.91 Å². The molecule has 4 N–H and O–H groups in total. The van der Waals surface area contributed by atoms with Gasteiger partial charge in [0.15, 0.2) is 0 Å². The van der Waals surface area contributed by atoms with Crippen LogP contribution >= 0.6 is 0 Å². The van der Waals surface area contributed by atoms with Gasteiger partial charge in [-0.2, -0.15) is 0 Å². The minimum Gasteiger partial charge on any atom is -0.508 e. The molecule has 0 fully saturated rings. The van der Waals surface area contributed by atoms with Gasteiger partial charge in [-0.05, 0) is 24.1 Å². The number of phenols is 1. The van der Waals surface area contributed by atoms with Gasteiger partial charge in [-0.1, -0.05) is 18.1 Å². The molecule has 0 saturated carbocycles. The molecule has 1 amide bonds. The summed E-state index contributed by atoms with van der Waals surface area (Å²) in [5, 5.41) is 11.6. The van der Waals surface area contributed by atoms with E-state index in [1.165, 1.54) is 0 Å². The Morgan fingerprint density at radius 3 is 2.69 bits per heavy atom. The van der Waals surface area contributed by atoms with E-state index in [1.54, 1.807) is 24.3 Å². The van der Waals surface area contributed by atoms with Crippen LogP contribution in [0.4, 0.5) is 0 Å². The van der Waals surface area contributed by atoms with Crippen molar-refractivity contribution in [2.45, 2.75) is 12.5 Å². The molecule has 0 aliphatic heterocycles. The van der Waals surface area contributed by atoms with Crippen molar-refractivity contribution in [1.82, 2.24) is 5.32 Å². The molecule has 84 valence electrons. The van der Waals surface area contributed by atoms with Gasteiger partial charge in [-0.15, -0.1) is 6.42 Å². The molecule has 0 aliphatic carbocycles. The fourth-order valence-electron chi connectivity index (χ4n) is 1.25. The summed E-state index contributed by atoms with van der Waals surface area (Å²) in [6.45, 7) is 0.183. The van der Waals surface area contributed by atoms with Crippen LogP contribution in [0.1, 0.15) is 5.56 Å². The van der Waals surface area contributed by atoms with Crippen LogP contribution in [0.2, 0.25) is 0 Å². The van der Waals surface area contributed by atoms with Crippen molar-refractivity contribution in [2.75, 3.05) is 6.54 Å². The number of nitrogens with two attached hydrogens (primary N) is 1. The predicted molar refractivity (Wildman–Crippen MR) is 61.6 cm³/mol. The van der Waals surface area contributed by atoms with Crippen molar-refractivity contribution >= 4 is 5.91 Å². The maximum Gasteiger partial charge on any atom is 0.238 e. The quantitative estimate of drug-likeness (QED) is 0.623. The number of amides is 1. The average Bonchev–Trinajstić information content (AvgIpc) is 2.29. The largest absolute Gasteiger partial charge is 0.508 e. The van der Waals surface area contributed by atoms with E-state index in [9.17, 15) is 4.79 Å². The van der Waals surface area contributed by atoms with Crippen LogP contribution in [-0.2, 0) is 11.2 Å². The monoisotopic (exact) mass is 218 g/mol. The van der Waals surface area contributed by atoms with Crippen LogP contribution in [-0.4, -0.2) is 23.6 Å². The maximum absolute atomic E-state index is 11.4. The first-order chi connectivity index (χ1) is 7.63. The van der Waals surface area contributed by atoms with Crippen LogP contribution in [0.3, 0.4) is 0 Å². The zero-order chi connectivity index (χ0) is 12.0. The van der Waals surface area contributed by atoms with Gasteiger partial charge in [0.05, 0.1) is 12.6 Å². The van der Waals surface area contributed by atoms with E-state index in [-0.39, 0.29) is 18.2 Å². The number of carbonyl (C=O) groups is 1. The van der Waals surface area contributed by atoms with Gasteiger partial charge in [-0.25, -0.2) is 0 Å². The topological polar surface area (TPSA) is 75.4 Å². The lowest BCUT2D eigenvalue weighted by atomic mass is 10.1. The van der Waals surface area contributed by atoms with E-state index in [0.717, 1.165) is 5.56 Å². The zero-order valence-corrected chi connectivity index (χ0v) is 8.81. The molecule has 1 aromatic rings. The highest BCUT2D eigenvalue weighted by Gasteiger charge is 2.12. The Hall–Kier alpha value is -1.99. The van der Waals surface area contributed by atoms with Crippen molar-refractivity contribution in [1.29, 1.82) is 0 Å². The summed E-state index contributed by atoms with van der Waals surface area (Å²) in [6.07, 6.45) is 5.43. The number of aromatic hydroxyl groups is 1. The lowest BCUT2D eigenvalue weighted by Gasteiger charge is -2.10. The average molecular weight is 218 g/mol. The van der Waals surface area contributed by atoms with Gasteiger partial charge in [-0.3, -0.25) is 4.79 Å². The molecular weight excluding hydrogens is 204 g/mol. The molecule has 0 heterocycles. The molecule has 0 spiro atoms. The lowest BCUT2D eigenvalue weighted by Crippen LogP contribution is -2.42. The Bertz CT molecular complexity index is 392. The molecule has 1 atom stereocenters. The third-order valence-corrected chi connectivity index (χ3v) is 2.09. The summed E-state index contributed by atoms with van der Waals surface area (Å²) in [6, 6.07) is 5.94. The molecule has 0 aromatic heterocycles. The van der Waals surface area contributed by atoms with Crippen LogP contribution in [0, 0.1) is 12.3 Å². The fraction of sp³-hybridized carbons (Fsp3) is 0.250. The Kier molecular flexibility index (Phi) is 4.37. The molecule has 0 unspecified atom stereocenters. The number of carbonyl (C=O) groups excluding carboxylic acids is 1. The molecule has 1 aromatic carbocycles. The smallest absolute Gasteiger partial charge is 0.238 e. The molecule has 4 nitrogen and oxygen atoms in total. The highest BCUT2D eigenvalue weighted by atomic mass is 16.3. The number of terminal acetylenes is 1. The Morgan fingerprint density at radius 2 is 2.12 bits per heavy atom. The van der Waals surface area contributed by atoms with Crippen LogP contribution in [0.25, 0.3) is 0 Å². The standard InChI is InChI=1S/C12H14N2O2/c1-2-7-14-12(16)11(13)8-9-3-5-10(15)6-4-9/h1,3-6,11,15H,7-8,13H2,(H,14,16)/t11-/m1/s1. The van der Waals surface area contributed by atoms with E-state index in [1.807, 2.05) is 0 Å². The van der Waals surface area contributed by atoms with Crippen molar-refractivity contribution < 1.29 is 9.90 Å². The van der Waals surface area contributed by atoms with Crippen molar-refractivity contribution in [2.24, 2.45) is 5.73 Å². The molecule has 4 heteroatoms. The third kappa shape index (κ3) is 3.64. The number of hydrogen-bond donors (Lipinski definition) is 3. The first kappa shape index (κ1) is 12.1. The first-order valence-electron chi connectivity index (χ1n) is 4.88. The summed E-state index contributed by atoms with van der Waals surface area (Å²) in [5.74, 6) is 2.22. The highest BCUT2D eigenvalue weighted by molar-refractivity contribution is 5.82. The lowest BCUT2D eigenvalue weighted by molar-refractivity contribution is -0.122. The number of rotatable bonds is 4. The normalized spacial score (nSPS) is 11.5. The van der Waals surface area contributed by atoms with Gasteiger partial charge in [0.1, 0.15) is 5.75 Å². The first-order valence-corrected chi connectivity index (χ1v) is 4.88. The zero-order valence-electron chi connectivity index (χ0n) is 8.81. The molecular formula is C12H14N2O2. The van der Waals surface area contributed by atoms with E-state index >= 15 is 0 Å². The molecule has 0 radical (unpaired) electrons. The summed E-state index contributed by atoms with van der Waals surface area (Å²) < 4.78 is 0. The predicted octanol–water partition coefficient (Wildman–Crippen LogP) is 0.0114. The molecule has 16 heavy (non-hydrogen) atoms. The number of benzene rings is 1. The minimum atomic E-state index is -0.627. The Balaban J connectivity index is 2.51. The Labute approximate surface area is 94.5 Å². The second-order valence-corrected chi connectivity index (χ2v) is 3.40. The van der Waals surface area contributed by atoms with Crippen molar-refractivity contribution in [3.63, 3.8) is 0 Å². The molecule has 0 saturated heterocycles. The summed E-state index contributed by atoms with van der Waals surface area (Å²) in [4.78, 5) is 11.4. The molecule has 0 aliphatic rings. The molecule has 0 bridgehead atoms. The van der Waals surface area contributed by atoms with Crippen molar-refractivity contribution in [3.8, 4) is 18.1 Å². The number of hydrogen-bond acceptors (Lipinski definition) is 3. The van der Waals surface area contributed by atoms with Crippen LogP contribution in [0.15, 0.2) is 24.3 Å². The summed E-state index contributed by atoms with van der Waals surface area (Å²) >= 11 is 0. The van der Waals surface area contributed by atoms with Gasteiger partial charge in [0.25, 0.3) is 0 Å². The second-order valence-electron chi connectivity index (χ2n) is 3.40. The van der Waals surface area contributed by atoms with E-state index < -0.39 is 6.04 Å². The van der Waals surface area contributed by atoms with Gasteiger partial charge in [0, 0.05) is 0 Å². The SMILES string of the molecule is C#CCNC(=O)[C@H](N)Cc1ccc(O)cc1. The fourth-order valence-corrected chi connectivity index (χ4v) is 1.25. The minimum absolute atomic E-state index is 0.183. The van der Waals surface area contributed by atoms with Crippen LogP contribution < -0.4 is 11.1 Å². The van der Waals surface area contributed by atoms with Crippen molar-refractivity contribution in [3.05, 3.63) is 29.8 Å². The molecule has 1 rings (SSSR count). The highest BCUT2D eigenvalue weighted by Crippen LogP contribution is 2.10. The summed E-state index contributed by atoms with van der Waals surface area (Å²) in [7, 11) is 0. The van der Waals surface area contributed by atoms with E-state index in [2.05, 4.69) is 11.2 Å². The Morgan fingerprint density at radius 1 is 1.50 bits per heavy atom. The van der Waals surface area contributed by atoms with Gasteiger partial charge < -0.3 is 16.2 Å². The van der Waals surface area contributed by atoms with E-state index in [4.69, 9.17) is 17.3 Å². The number of nitrogens with one attached hydrogen (secondary N) is 1. The maximum atomic E-state index is 11.4. The summed E-state index contributed by atoms with van der Waals surface area (Å²) in [5.41, 5.74) is 6.57. The van der Waals surface area contributed by atoms with E-state index in [0.29, 0.717) is 6.42 Å². The van der Waals surface area contributed by atoms with Crippen LogP contribution in [0.5, 0.6) is 5.75 Å². The third-order valence-electron chi connectivity index (χ3n) is 2.09. The second kappa shape index (κ2) is 5.79. The van der Waals surface area contributed by atoms with Gasteiger partial charge >= 0.3 is 0 Å². The number of phenolic OH excluding ortho intramolecular Hbond substituents is 1.